The van der Waals surface area contributed by atoms with E-state index in [1.807, 2.05) is 25.1 Å². The molecule has 0 aromatic heterocycles. The van der Waals surface area contributed by atoms with E-state index in [1.54, 1.807) is 0 Å². The van der Waals surface area contributed by atoms with Gasteiger partial charge in [0.15, 0.2) is 0 Å². The van der Waals surface area contributed by atoms with E-state index < -0.39 is 6.10 Å². The fourth-order valence-corrected chi connectivity index (χ4v) is 2.58. The lowest BCUT2D eigenvalue weighted by Crippen LogP contribution is -2.44. The molecule has 0 spiro atoms. The molecule has 102 valence electrons. The summed E-state index contributed by atoms with van der Waals surface area (Å²) in [5.41, 5.74) is 6.86. The molecule has 2 heteroatoms. The lowest BCUT2D eigenvalue weighted by atomic mass is 9.72. The largest absolute Gasteiger partial charge is 0.392 e. The summed E-state index contributed by atoms with van der Waals surface area (Å²) in [4.78, 5) is 0. The van der Waals surface area contributed by atoms with Crippen LogP contribution in [0.4, 0.5) is 0 Å². The first-order chi connectivity index (χ1) is 8.53. The molecule has 2 unspecified atom stereocenters. The molecule has 0 saturated heterocycles. The number of aliphatic hydroxyl groups is 1. The molecule has 0 amide bonds. The van der Waals surface area contributed by atoms with E-state index in [1.165, 1.54) is 6.42 Å². The van der Waals surface area contributed by atoms with E-state index in [2.05, 4.69) is 26.0 Å². The third kappa shape index (κ3) is 3.56. The zero-order valence-electron chi connectivity index (χ0n) is 11.9. The topological polar surface area (TPSA) is 46.2 Å². The number of rotatable bonds is 7. The Balaban J connectivity index is 2.88. The highest BCUT2D eigenvalue weighted by molar-refractivity contribution is 5.27. The SMILES string of the molecule is CC(C)CCCC(CN)(c1ccccc1)C(C)O. The van der Waals surface area contributed by atoms with Crippen molar-refractivity contribution in [2.75, 3.05) is 6.54 Å². The van der Waals surface area contributed by atoms with E-state index in [-0.39, 0.29) is 5.41 Å². The summed E-state index contributed by atoms with van der Waals surface area (Å²) in [5, 5.41) is 10.2. The smallest absolute Gasteiger partial charge is 0.0620 e. The third-order valence-corrected chi connectivity index (χ3v) is 3.92. The van der Waals surface area contributed by atoms with Crippen molar-refractivity contribution in [3.05, 3.63) is 35.9 Å². The Labute approximate surface area is 111 Å². The Morgan fingerprint density at radius 1 is 1.17 bits per heavy atom. The van der Waals surface area contributed by atoms with E-state index in [0.29, 0.717) is 12.5 Å². The lowest BCUT2D eigenvalue weighted by molar-refractivity contribution is 0.0917. The van der Waals surface area contributed by atoms with Crippen LogP contribution in [0.2, 0.25) is 0 Å². The maximum Gasteiger partial charge on any atom is 0.0620 e. The maximum absolute atomic E-state index is 10.2. The summed E-state index contributed by atoms with van der Waals surface area (Å²) in [6.45, 7) is 6.81. The van der Waals surface area contributed by atoms with Crippen molar-refractivity contribution >= 4 is 0 Å². The van der Waals surface area contributed by atoms with Crippen molar-refractivity contribution in [3.63, 3.8) is 0 Å². The van der Waals surface area contributed by atoms with Crippen molar-refractivity contribution in [3.8, 4) is 0 Å². The molecular weight excluding hydrogens is 222 g/mol. The van der Waals surface area contributed by atoms with Crippen molar-refractivity contribution in [1.82, 2.24) is 0 Å². The average molecular weight is 249 g/mol. The zero-order chi connectivity index (χ0) is 13.6. The lowest BCUT2D eigenvalue weighted by Gasteiger charge is -2.36. The number of hydrogen-bond acceptors (Lipinski definition) is 2. The van der Waals surface area contributed by atoms with Crippen LogP contribution in [0.15, 0.2) is 30.3 Å². The number of nitrogens with two attached hydrogens (primary N) is 1. The summed E-state index contributed by atoms with van der Waals surface area (Å²) in [5.74, 6) is 0.699. The minimum absolute atomic E-state index is 0.295. The van der Waals surface area contributed by atoms with E-state index in [9.17, 15) is 5.11 Å². The van der Waals surface area contributed by atoms with Gasteiger partial charge in [0.05, 0.1) is 6.10 Å². The minimum Gasteiger partial charge on any atom is -0.392 e. The van der Waals surface area contributed by atoms with Crippen molar-refractivity contribution < 1.29 is 5.11 Å². The third-order valence-electron chi connectivity index (χ3n) is 3.92. The van der Waals surface area contributed by atoms with Crippen LogP contribution < -0.4 is 5.73 Å². The van der Waals surface area contributed by atoms with Crippen LogP contribution in [0.5, 0.6) is 0 Å². The standard InChI is InChI=1S/C16H27NO/c1-13(2)8-7-11-16(12-17,14(3)18)15-9-5-4-6-10-15/h4-6,9-10,13-14,18H,7-8,11-12,17H2,1-3H3. The van der Waals surface area contributed by atoms with Gasteiger partial charge in [-0.1, -0.05) is 57.0 Å². The van der Waals surface area contributed by atoms with Gasteiger partial charge in [0, 0.05) is 12.0 Å². The molecule has 1 aromatic carbocycles. The van der Waals surface area contributed by atoms with Crippen molar-refractivity contribution in [2.24, 2.45) is 11.7 Å². The molecule has 0 heterocycles. The van der Waals surface area contributed by atoms with Crippen LogP contribution in [0.3, 0.4) is 0 Å². The van der Waals surface area contributed by atoms with E-state index in [0.717, 1.165) is 18.4 Å². The van der Waals surface area contributed by atoms with Gasteiger partial charge < -0.3 is 10.8 Å². The normalized spacial score (nSPS) is 16.6. The monoisotopic (exact) mass is 249 g/mol. The second kappa shape index (κ2) is 6.91. The number of benzene rings is 1. The van der Waals surface area contributed by atoms with Crippen LogP contribution in [-0.2, 0) is 5.41 Å². The van der Waals surface area contributed by atoms with E-state index >= 15 is 0 Å². The summed E-state index contributed by atoms with van der Waals surface area (Å²) in [7, 11) is 0. The van der Waals surface area contributed by atoms with Gasteiger partial charge >= 0.3 is 0 Å². The summed E-state index contributed by atoms with van der Waals surface area (Å²) in [6.07, 6.45) is 2.82. The highest BCUT2D eigenvalue weighted by Crippen LogP contribution is 2.33. The molecule has 2 atom stereocenters. The minimum atomic E-state index is -0.419. The number of aliphatic hydroxyl groups excluding tert-OH is 1. The molecule has 0 aliphatic rings. The van der Waals surface area contributed by atoms with Crippen LogP contribution >= 0.6 is 0 Å². The Morgan fingerprint density at radius 3 is 2.22 bits per heavy atom. The van der Waals surface area contributed by atoms with Gasteiger partial charge in [0.1, 0.15) is 0 Å². The van der Waals surface area contributed by atoms with Gasteiger partial charge in [-0.05, 0) is 24.8 Å². The molecule has 3 N–H and O–H groups in total. The Morgan fingerprint density at radius 2 is 1.78 bits per heavy atom. The predicted molar refractivity (Wildman–Crippen MR) is 77.5 cm³/mol. The van der Waals surface area contributed by atoms with Crippen LogP contribution in [0.25, 0.3) is 0 Å². The fraction of sp³-hybridized carbons (Fsp3) is 0.625. The predicted octanol–water partition coefficient (Wildman–Crippen LogP) is 3.09. The highest BCUT2D eigenvalue weighted by Gasteiger charge is 2.35. The van der Waals surface area contributed by atoms with Crippen LogP contribution in [-0.4, -0.2) is 17.8 Å². The summed E-state index contributed by atoms with van der Waals surface area (Å²) >= 11 is 0. The number of hydrogen-bond donors (Lipinski definition) is 2. The van der Waals surface area contributed by atoms with Gasteiger partial charge in [-0.2, -0.15) is 0 Å². The molecule has 0 fully saturated rings. The van der Waals surface area contributed by atoms with Gasteiger partial charge in [-0.25, -0.2) is 0 Å². The average Bonchev–Trinajstić information content (AvgIpc) is 2.35. The molecule has 0 radical (unpaired) electrons. The molecule has 0 aliphatic heterocycles. The molecular formula is C16H27NO. The molecule has 0 aliphatic carbocycles. The molecule has 0 saturated carbocycles. The van der Waals surface area contributed by atoms with Crippen molar-refractivity contribution in [2.45, 2.75) is 51.6 Å². The first-order valence-corrected chi connectivity index (χ1v) is 6.96. The highest BCUT2D eigenvalue weighted by atomic mass is 16.3. The second-order valence-corrected chi connectivity index (χ2v) is 5.69. The van der Waals surface area contributed by atoms with Gasteiger partial charge in [0.25, 0.3) is 0 Å². The second-order valence-electron chi connectivity index (χ2n) is 5.69. The molecule has 0 bridgehead atoms. The van der Waals surface area contributed by atoms with Gasteiger partial charge in [-0.3, -0.25) is 0 Å². The molecule has 1 rings (SSSR count). The Bertz CT molecular complexity index is 334. The Kier molecular flexibility index (Phi) is 5.83. The Hall–Kier alpha value is -0.860. The molecule has 18 heavy (non-hydrogen) atoms. The van der Waals surface area contributed by atoms with Gasteiger partial charge in [-0.15, -0.1) is 0 Å². The van der Waals surface area contributed by atoms with Crippen LogP contribution in [0, 0.1) is 5.92 Å². The first-order valence-electron chi connectivity index (χ1n) is 6.96. The van der Waals surface area contributed by atoms with Gasteiger partial charge in [0.2, 0.25) is 0 Å². The van der Waals surface area contributed by atoms with Crippen molar-refractivity contribution in [1.29, 1.82) is 0 Å². The fourth-order valence-electron chi connectivity index (χ4n) is 2.58. The molecule has 2 nitrogen and oxygen atoms in total. The van der Waals surface area contributed by atoms with Crippen LogP contribution in [0.1, 0.15) is 45.6 Å². The summed E-state index contributed by atoms with van der Waals surface area (Å²) < 4.78 is 0. The summed E-state index contributed by atoms with van der Waals surface area (Å²) in [6, 6.07) is 10.2. The maximum atomic E-state index is 10.2. The molecule has 1 aromatic rings. The first kappa shape index (κ1) is 15.2. The quantitative estimate of drug-likeness (QED) is 0.780. The van der Waals surface area contributed by atoms with E-state index in [4.69, 9.17) is 5.73 Å². The zero-order valence-corrected chi connectivity index (χ0v) is 11.9.